The first-order valence-electron chi connectivity index (χ1n) is 7.86. The molecule has 2 rings (SSSR count). The summed E-state index contributed by atoms with van der Waals surface area (Å²) in [6, 6.07) is 6.00. The van der Waals surface area contributed by atoms with Gasteiger partial charge in [0.15, 0.2) is 0 Å². The van der Waals surface area contributed by atoms with Crippen LogP contribution in [0.5, 0.6) is 0 Å². The minimum atomic E-state index is -1.02. The standard InChI is InChI=1S/C18H23NO5/c1-17(2)13(9-10-18(17,3)16(23)24-4)14(20)19-12-7-5-11(6-8-12)15(21)22/h5-8,13H,9-10H2,1-4H3,(H,19,20)(H,21,22). The van der Waals surface area contributed by atoms with Crippen LogP contribution in [-0.4, -0.2) is 30.1 Å². The van der Waals surface area contributed by atoms with E-state index >= 15 is 0 Å². The third kappa shape index (κ3) is 2.88. The molecule has 0 heterocycles. The summed E-state index contributed by atoms with van der Waals surface area (Å²) in [7, 11) is 1.36. The Morgan fingerprint density at radius 3 is 2.25 bits per heavy atom. The molecule has 0 spiro atoms. The fourth-order valence-electron chi connectivity index (χ4n) is 3.48. The van der Waals surface area contributed by atoms with Crippen molar-refractivity contribution in [1.29, 1.82) is 0 Å². The number of benzene rings is 1. The maximum absolute atomic E-state index is 12.7. The number of esters is 1. The summed E-state index contributed by atoms with van der Waals surface area (Å²) >= 11 is 0. The van der Waals surface area contributed by atoms with Crippen molar-refractivity contribution in [2.24, 2.45) is 16.7 Å². The van der Waals surface area contributed by atoms with Crippen LogP contribution in [0.25, 0.3) is 0 Å². The number of nitrogens with one attached hydrogen (secondary N) is 1. The maximum Gasteiger partial charge on any atom is 0.335 e. The van der Waals surface area contributed by atoms with Crippen molar-refractivity contribution in [3.63, 3.8) is 0 Å². The largest absolute Gasteiger partial charge is 0.478 e. The fraction of sp³-hybridized carbons (Fsp3) is 0.500. The van der Waals surface area contributed by atoms with E-state index in [2.05, 4.69) is 5.32 Å². The summed E-state index contributed by atoms with van der Waals surface area (Å²) < 4.78 is 4.93. The Bertz CT molecular complexity index is 664. The molecule has 0 radical (unpaired) electrons. The Hall–Kier alpha value is -2.37. The zero-order chi connectivity index (χ0) is 18.1. The lowest BCUT2D eigenvalue weighted by Crippen LogP contribution is -2.44. The zero-order valence-corrected chi connectivity index (χ0v) is 14.4. The van der Waals surface area contributed by atoms with Gasteiger partial charge in [0, 0.05) is 11.6 Å². The van der Waals surface area contributed by atoms with Gasteiger partial charge in [0.25, 0.3) is 0 Å². The van der Waals surface area contributed by atoms with Crippen LogP contribution >= 0.6 is 0 Å². The molecule has 1 saturated carbocycles. The van der Waals surface area contributed by atoms with E-state index in [1.165, 1.54) is 19.2 Å². The van der Waals surface area contributed by atoms with E-state index in [-0.39, 0.29) is 23.4 Å². The molecule has 1 aliphatic carbocycles. The highest BCUT2D eigenvalue weighted by Gasteiger charge is 2.58. The number of hydrogen-bond donors (Lipinski definition) is 2. The lowest BCUT2D eigenvalue weighted by Gasteiger charge is -2.38. The second kappa shape index (κ2) is 6.26. The van der Waals surface area contributed by atoms with Gasteiger partial charge in [0.2, 0.25) is 5.91 Å². The number of carboxylic acid groups (broad SMARTS) is 1. The lowest BCUT2D eigenvalue weighted by molar-refractivity contribution is -0.158. The minimum absolute atomic E-state index is 0.160. The van der Waals surface area contributed by atoms with Crippen molar-refractivity contribution in [2.45, 2.75) is 33.6 Å². The highest BCUT2D eigenvalue weighted by molar-refractivity contribution is 5.95. The predicted octanol–water partition coefficient (Wildman–Crippen LogP) is 2.94. The van der Waals surface area contributed by atoms with Crippen LogP contribution in [0.3, 0.4) is 0 Å². The second-order valence-corrected chi connectivity index (χ2v) is 7.01. The van der Waals surface area contributed by atoms with Gasteiger partial charge in [0.05, 0.1) is 18.1 Å². The van der Waals surface area contributed by atoms with E-state index in [9.17, 15) is 14.4 Å². The van der Waals surface area contributed by atoms with Crippen LogP contribution in [0.1, 0.15) is 44.0 Å². The summed E-state index contributed by atoms with van der Waals surface area (Å²) in [5, 5.41) is 11.7. The molecule has 1 amide bonds. The first-order valence-corrected chi connectivity index (χ1v) is 7.86. The number of ether oxygens (including phenoxy) is 1. The summed E-state index contributed by atoms with van der Waals surface area (Å²) in [4.78, 5) is 35.7. The SMILES string of the molecule is COC(=O)C1(C)CCC(C(=O)Nc2ccc(C(=O)O)cc2)C1(C)C. The van der Waals surface area contributed by atoms with Gasteiger partial charge in [-0.05, 0) is 49.4 Å². The molecule has 2 atom stereocenters. The molecule has 130 valence electrons. The predicted molar refractivity (Wildman–Crippen MR) is 88.7 cm³/mol. The van der Waals surface area contributed by atoms with Crippen LogP contribution < -0.4 is 5.32 Å². The quantitative estimate of drug-likeness (QED) is 0.826. The third-order valence-corrected chi connectivity index (χ3v) is 5.58. The van der Waals surface area contributed by atoms with Gasteiger partial charge in [0.1, 0.15) is 0 Å². The number of hydrogen-bond acceptors (Lipinski definition) is 4. The number of carbonyl (C=O) groups is 3. The Kier molecular flexibility index (Phi) is 4.69. The Labute approximate surface area is 141 Å². The fourth-order valence-corrected chi connectivity index (χ4v) is 3.48. The Balaban J connectivity index is 2.16. The molecule has 2 unspecified atom stereocenters. The van der Waals surface area contributed by atoms with E-state index in [0.29, 0.717) is 18.5 Å². The van der Waals surface area contributed by atoms with Crippen LogP contribution in [0, 0.1) is 16.7 Å². The molecular weight excluding hydrogens is 310 g/mol. The van der Waals surface area contributed by atoms with E-state index in [1.54, 1.807) is 12.1 Å². The van der Waals surface area contributed by atoms with Gasteiger partial charge >= 0.3 is 11.9 Å². The highest BCUT2D eigenvalue weighted by Crippen LogP contribution is 2.56. The van der Waals surface area contributed by atoms with Crippen LogP contribution in [0.4, 0.5) is 5.69 Å². The molecule has 1 aromatic carbocycles. The van der Waals surface area contributed by atoms with Gasteiger partial charge in [-0.25, -0.2) is 4.79 Å². The number of carbonyl (C=O) groups excluding carboxylic acids is 2. The molecule has 0 bridgehead atoms. The van der Waals surface area contributed by atoms with E-state index < -0.39 is 16.8 Å². The third-order valence-electron chi connectivity index (χ3n) is 5.58. The number of aromatic carboxylic acids is 1. The molecule has 6 heteroatoms. The number of methoxy groups -OCH3 is 1. The van der Waals surface area contributed by atoms with Gasteiger partial charge in [-0.3, -0.25) is 9.59 Å². The summed E-state index contributed by atoms with van der Waals surface area (Å²) in [6.45, 7) is 5.66. The average molecular weight is 333 g/mol. The van der Waals surface area contributed by atoms with Crippen molar-refractivity contribution in [1.82, 2.24) is 0 Å². The van der Waals surface area contributed by atoms with Crippen LogP contribution in [0.15, 0.2) is 24.3 Å². The molecule has 0 aliphatic heterocycles. The Morgan fingerprint density at radius 2 is 1.75 bits per heavy atom. The molecule has 2 N–H and O–H groups in total. The minimum Gasteiger partial charge on any atom is -0.478 e. The Morgan fingerprint density at radius 1 is 1.17 bits per heavy atom. The van der Waals surface area contributed by atoms with Crippen molar-refractivity contribution >= 4 is 23.5 Å². The van der Waals surface area contributed by atoms with Crippen molar-refractivity contribution in [2.75, 3.05) is 12.4 Å². The highest BCUT2D eigenvalue weighted by atomic mass is 16.5. The van der Waals surface area contributed by atoms with Crippen molar-refractivity contribution in [3.8, 4) is 0 Å². The number of carboxylic acids is 1. The van der Waals surface area contributed by atoms with Gasteiger partial charge in [-0.1, -0.05) is 13.8 Å². The van der Waals surface area contributed by atoms with Crippen LogP contribution in [0.2, 0.25) is 0 Å². The molecule has 6 nitrogen and oxygen atoms in total. The van der Waals surface area contributed by atoms with Gasteiger partial charge < -0.3 is 15.2 Å². The monoisotopic (exact) mass is 333 g/mol. The summed E-state index contributed by atoms with van der Waals surface area (Å²) in [5.41, 5.74) is -0.567. The first kappa shape index (κ1) is 18.0. The lowest BCUT2D eigenvalue weighted by atomic mass is 9.65. The molecule has 0 aromatic heterocycles. The molecule has 0 saturated heterocycles. The average Bonchev–Trinajstić information content (AvgIpc) is 2.78. The second-order valence-electron chi connectivity index (χ2n) is 7.01. The topological polar surface area (TPSA) is 92.7 Å². The van der Waals surface area contributed by atoms with E-state index in [4.69, 9.17) is 9.84 Å². The number of anilines is 1. The molecular formula is C18H23NO5. The summed E-state index contributed by atoms with van der Waals surface area (Å²) in [5.74, 6) is -1.82. The van der Waals surface area contributed by atoms with E-state index in [1.807, 2.05) is 20.8 Å². The maximum atomic E-state index is 12.7. The number of rotatable bonds is 4. The smallest absolute Gasteiger partial charge is 0.335 e. The van der Waals surface area contributed by atoms with Crippen molar-refractivity contribution < 1.29 is 24.2 Å². The molecule has 1 aliphatic rings. The zero-order valence-electron chi connectivity index (χ0n) is 14.4. The van der Waals surface area contributed by atoms with Gasteiger partial charge in [-0.2, -0.15) is 0 Å². The molecule has 1 aromatic rings. The van der Waals surface area contributed by atoms with Crippen LogP contribution in [-0.2, 0) is 14.3 Å². The molecule has 24 heavy (non-hydrogen) atoms. The summed E-state index contributed by atoms with van der Waals surface area (Å²) in [6.07, 6.45) is 1.18. The first-order chi connectivity index (χ1) is 11.1. The van der Waals surface area contributed by atoms with Crippen molar-refractivity contribution in [3.05, 3.63) is 29.8 Å². The van der Waals surface area contributed by atoms with E-state index in [0.717, 1.165) is 0 Å². The van der Waals surface area contributed by atoms with Gasteiger partial charge in [-0.15, -0.1) is 0 Å². The number of amides is 1. The molecule has 1 fully saturated rings. The normalized spacial score (nSPS) is 25.1.